The molecule has 1 atom stereocenters. The Hall–Kier alpha value is -3.02. The molecule has 6 nitrogen and oxygen atoms in total. The van der Waals surface area contributed by atoms with Crippen molar-refractivity contribution in [2.24, 2.45) is 5.92 Å². The van der Waals surface area contributed by atoms with E-state index < -0.39 is 5.92 Å². The molecule has 0 spiro atoms. The van der Waals surface area contributed by atoms with Crippen LogP contribution in [0.5, 0.6) is 5.75 Å². The Balaban J connectivity index is 1.77. The number of hydrogen-bond donors (Lipinski definition) is 1. The summed E-state index contributed by atoms with van der Waals surface area (Å²) in [7, 11) is 1.58. The molecule has 1 aromatic heterocycles. The van der Waals surface area contributed by atoms with Crippen LogP contribution in [0, 0.1) is 5.92 Å². The van der Waals surface area contributed by atoms with Crippen LogP contribution in [0.4, 0.5) is 5.69 Å². The molecule has 1 unspecified atom stereocenters. The maximum absolute atomic E-state index is 12.8. The van der Waals surface area contributed by atoms with Crippen molar-refractivity contribution in [1.82, 2.24) is 5.32 Å². The van der Waals surface area contributed by atoms with Gasteiger partial charge >= 0.3 is 0 Å². The van der Waals surface area contributed by atoms with Crippen LogP contribution in [0.25, 0.3) is 21.9 Å². The van der Waals surface area contributed by atoms with Gasteiger partial charge in [0.2, 0.25) is 11.8 Å². The van der Waals surface area contributed by atoms with Crippen LogP contribution in [0.1, 0.15) is 13.3 Å². The molecule has 26 heavy (non-hydrogen) atoms. The molecule has 1 aliphatic rings. The number of carbonyl (C=O) groups is 2. The Morgan fingerprint density at radius 3 is 2.85 bits per heavy atom. The van der Waals surface area contributed by atoms with Crippen LogP contribution in [0.2, 0.25) is 0 Å². The van der Waals surface area contributed by atoms with E-state index in [2.05, 4.69) is 5.32 Å². The van der Waals surface area contributed by atoms with Gasteiger partial charge in [-0.3, -0.25) is 9.59 Å². The molecule has 0 aliphatic carbocycles. The van der Waals surface area contributed by atoms with Gasteiger partial charge in [-0.2, -0.15) is 0 Å². The second kappa shape index (κ2) is 6.37. The molecule has 0 saturated carbocycles. The third-order valence-electron chi connectivity index (χ3n) is 4.84. The van der Waals surface area contributed by atoms with E-state index in [4.69, 9.17) is 9.15 Å². The van der Waals surface area contributed by atoms with Gasteiger partial charge in [0, 0.05) is 29.9 Å². The topological polar surface area (TPSA) is 71.8 Å². The van der Waals surface area contributed by atoms with Gasteiger partial charge in [-0.1, -0.05) is 18.2 Å². The number of amides is 2. The van der Waals surface area contributed by atoms with Crippen LogP contribution in [0.3, 0.4) is 0 Å². The lowest BCUT2D eigenvalue weighted by Crippen LogP contribution is -2.36. The van der Waals surface area contributed by atoms with Gasteiger partial charge in [-0.15, -0.1) is 0 Å². The number of nitrogens with one attached hydrogen (secondary N) is 1. The van der Waals surface area contributed by atoms with Crippen LogP contribution in [-0.4, -0.2) is 32.0 Å². The third kappa shape index (κ3) is 2.49. The van der Waals surface area contributed by atoms with E-state index in [0.717, 1.165) is 16.4 Å². The van der Waals surface area contributed by atoms with E-state index in [1.165, 1.54) is 0 Å². The highest BCUT2D eigenvalue weighted by Gasteiger charge is 2.38. The van der Waals surface area contributed by atoms with Crippen molar-refractivity contribution in [3.05, 3.63) is 36.4 Å². The summed E-state index contributed by atoms with van der Waals surface area (Å²) in [6.07, 6.45) is 0.492. The maximum atomic E-state index is 12.8. The van der Waals surface area contributed by atoms with Crippen LogP contribution < -0.4 is 15.0 Å². The molecule has 1 saturated heterocycles. The predicted molar refractivity (Wildman–Crippen MR) is 99.4 cm³/mol. The van der Waals surface area contributed by atoms with Gasteiger partial charge in [0.05, 0.1) is 12.8 Å². The van der Waals surface area contributed by atoms with Crippen LogP contribution in [-0.2, 0) is 9.59 Å². The number of carbonyl (C=O) groups excluding carboxylic acids is 2. The van der Waals surface area contributed by atoms with E-state index in [0.29, 0.717) is 36.5 Å². The molecular formula is C20H20N2O4. The van der Waals surface area contributed by atoms with Gasteiger partial charge in [-0.05, 0) is 25.5 Å². The Labute approximate surface area is 150 Å². The van der Waals surface area contributed by atoms with Crippen molar-refractivity contribution in [3.63, 3.8) is 0 Å². The van der Waals surface area contributed by atoms with Gasteiger partial charge < -0.3 is 19.4 Å². The number of nitrogens with zero attached hydrogens (tertiary/aromatic N) is 1. The zero-order chi connectivity index (χ0) is 18.3. The summed E-state index contributed by atoms with van der Waals surface area (Å²) in [5.41, 5.74) is 2.11. The number of benzene rings is 2. The van der Waals surface area contributed by atoms with E-state index >= 15 is 0 Å². The first-order valence-electron chi connectivity index (χ1n) is 8.72. The fourth-order valence-electron chi connectivity index (χ4n) is 3.58. The first kappa shape index (κ1) is 16.4. The molecule has 1 aliphatic heterocycles. The molecule has 4 rings (SSSR count). The average Bonchev–Trinajstić information content (AvgIpc) is 3.20. The number of rotatable bonds is 4. The quantitative estimate of drug-likeness (QED) is 0.733. The second-order valence-corrected chi connectivity index (χ2v) is 6.34. The number of methoxy groups -OCH3 is 1. The van der Waals surface area contributed by atoms with Crippen molar-refractivity contribution in [2.75, 3.05) is 25.1 Å². The summed E-state index contributed by atoms with van der Waals surface area (Å²) in [4.78, 5) is 26.5. The normalized spacial score (nSPS) is 17.2. The van der Waals surface area contributed by atoms with Gasteiger partial charge in [0.25, 0.3) is 0 Å². The summed E-state index contributed by atoms with van der Waals surface area (Å²) >= 11 is 0. The average molecular weight is 352 g/mol. The molecule has 0 radical (unpaired) electrons. The Kier molecular flexibility index (Phi) is 4.03. The van der Waals surface area contributed by atoms with Gasteiger partial charge in [0.1, 0.15) is 22.8 Å². The van der Waals surface area contributed by atoms with E-state index in [-0.39, 0.29) is 11.8 Å². The lowest BCUT2D eigenvalue weighted by molar-refractivity contribution is -0.132. The standard InChI is InChI=1S/C20H20N2O4/c1-3-21-19(23)13-8-9-22(20(13)24)15-11-17-14(10-18(15)25-2)12-6-4-5-7-16(12)26-17/h4-7,10-11,13H,3,8-9H2,1-2H3,(H,21,23). The largest absolute Gasteiger partial charge is 0.495 e. The highest BCUT2D eigenvalue weighted by atomic mass is 16.5. The molecule has 1 N–H and O–H groups in total. The molecule has 2 aromatic carbocycles. The second-order valence-electron chi connectivity index (χ2n) is 6.34. The van der Waals surface area contributed by atoms with Crippen LogP contribution in [0.15, 0.2) is 40.8 Å². The zero-order valence-corrected chi connectivity index (χ0v) is 14.7. The van der Waals surface area contributed by atoms with Crippen molar-refractivity contribution >= 4 is 39.4 Å². The van der Waals surface area contributed by atoms with Crippen molar-refractivity contribution in [3.8, 4) is 5.75 Å². The molecule has 3 aromatic rings. The molecular weight excluding hydrogens is 332 g/mol. The van der Waals surface area contributed by atoms with Crippen molar-refractivity contribution < 1.29 is 18.7 Å². The summed E-state index contributed by atoms with van der Waals surface area (Å²) in [6.45, 7) is 2.83. The summed E-state index contributed by atoms with van der Waals surface area (Å²) in [5, 5.41) is 4.67. The zero-order valence-electron chi connectivity index (χ0n) is 14.7. The Morgan fingerprint density at radius 2 is 2.08 bits per heavy atom. The first-order chi connectivity index (χ1) is 12.6. The highest BCUT2D eigenvalue weighted by molar-refractivity contribution is 6.12. The number of fused-ring (bicyclic) bond motifs is 3. The summed E-state index contributed by atoms with van der Waals surface area (Å²) in [5.74, 6) is -0.478. The van der Waals surface area contributed by atoms with Gasteiger partial charge in [0.15, 0.2) is 0 Å². The minimum Gasteiger partial charge on any atom is -0.495 e. The lowest BCUT2D eigenvalue weighted by atomic mass is 10.1. The summed E-state index contributed by atoms with van der Waals surface area (Å²) < 4.78 is 11.5. The lowest BCUT2D eigenvalue weighted by Gasteiger charge is -2.19. The van der Waals surface area contributed by atoms with Crippen LogP contribution >= 0.6 is 0 Å². The minimum atomic E-state index is -0.647. The molecule has 134 valence electrons. The SMILES string of the molecule is CCNC(=O)C1CCN(c2cc3oc4ccccc4c3cc2OC)C1=O. The number of anilines is 1. The van der Waals surface area contributed by atoms with Crippen molar-refractivity contribution in [1.29, 1.82) is 0 Å². The number of ether oxygens (including phenoxy) is 1. The van der Waals surface area contributed by atoms with Gasteiger partial charge in [-0.25, -0.2) is 0 Å². The predicted octanol–water partition coefficient (Wildman–Crippen LogP) is 3.08. The molecule has 1 fully saturated rings. The number of para-hydroxylation sites is 1. The van der Waals surface area contributed by atoms with E-state index in [1.807, 2.05) is 43.3 Å². The Bertz CT molecular complexity index is 1010. The first-order valence-corrected chi connectivity index (χ1v) is 8.72. The molecule has 2 amide bonds. The number of furan rings is 1. The molecule has 6 heteroatoms. The monoisotopic (exact) mass is 352 g/mol. The summed E-state index contributed by atoms with van der Waals surface area (Å²) in [6, 6.07) is 11.5. The fourth-order valence-corrected chi connectivity index (χ4v) is 3.58. The minimum absolute atomic E-state index is 0.204. The highest BCUT2D eigenvalue weighted by Crippen LogP contribution is 2.40. The molecule has 0 bridgehead atoms. The smallest absolute Gasteiger partial charge is 0.239 e. The number of hydrogen-bond acceptors (Lipinski definition) is 4. The molecule has 2 heterocycles. The fraction of sp³-hybridized carbons (Fsp3) is 0.300. The van der Waals surface area contributed by atoms with E-state index in [9.17, 15) is 9.59 Å². The van der Waals surface area contributed by atoms with Crippen molar-refractivity contribution in [2.45, 2.75) is 13.3 Å². The third-order valence-corrected chi connectivity index (χ3v) is 4.84. The Morgan fingerprint density at radius 1 is 1.27 bits per heavy atom. The van der Waals surface area contributed by atoms with E-state index in [1.54, 1.807) is 12.0 Å². The maximum Gasteiger partial charge on any atom is 0.239 e.